The van der Waals surface area contributed by atoms with Gasteiger partial charge in [0, 0.05) is 19.2 Å². The monoisotopic (exact) mass is 228 g/mol. The van der Waals surface area contributed by atoms with Crippen molar-refractivity contribution in [2.75, 3.05) is 26.2 Å². The highest BCUT2D eigenvalue weighted by molar-refractivity contribution is 5.78. The van der Waals surface area contributed by atoms with Gasteiger partial charge in [-0.1, -0.05) is 6.92 Å². The second-order valence-electron chi connectivity index (χ2n) is 4.43. The Balaban J connectivity index is 2.29. The first kappa shape index (κ1) is 13.5. The molecule has 0 saturated carbocycles. The van der Waals surface area contributed by atoms with Crippen LogP contribution in [0.3, 0.4) is 0 Å². The Morgan fingerprint density at radius 2 is 2.38 bits per heavy atom. The van der Waals surface area contributed by atoms with Gasteiger partial charge in [-0.2, -0.15) is 0 Å². The summed E-state index contributed by atoms with van der Waals surface area (Å²) >= 11 is 0. The number of carbonyl (C=O) groups is 1. The van der Waals surface area contributed by atoms with Gasteiger partial charge in [-0.05, 0) is 38.6 Å². The number of amides is 1. The molecule has 1 atom stereocenters. The molecule has 1 fully saturated rings. The minimum atomic E-state index is 0.217. The molecule has 1 rings (SSSR count). The molecule has 0 radical (unpaired) electrons. The van der Waals surface area contributed by atoms with E-state index in [1.165, 1.54) is 0 Å². The van der Waals surface area contributed by atoms with Gasteiger partial charge in [-0.25, -0.2) is 0 Å². The van der Waals surface area contributed by atoms with Crippen molar-refractivity contribution >= 4 is 5.91 Å². The van der Waals surface area contributed by atoms with Crippen LogP contribution in [0.2, 0.25) is 0 Å². The number of carbonyl (C=O) groups excluding carboxylic acids is 1. The molecule has 4 heteroatoms. The lowest BCUT2D eigenvalue weighted by Crippen LogP contribution is -2.41. The van der Waals surface area contributed by atoms with Crippen molar-refractivity contribution in [2.45, 2.75) is 45.1 Å². The van der Waals surface area contributed by atoms with Gasteiger partial charge in [0.05, 0.1) is 6.54 Å². The fourth-order valence-corrected chi connectivity index (χ4v) is 2.26. The molecule has 16 heavy (non-hydrogen) atoms. The molecule has 0 aliphatic carbocycles. The summed E-state index contributed by atoms with van der Waals surface area (Å²) in [5.74, 6) is 0.217. The summed E-state index contributed by atoms with van der Waals surface area (Å²) in [6, 6.07) is 0.364. The molecule has 4 nitrogen and oxygen atoms in total. The van der Waals surface area contributed by atoms with E-state index >= 15 is 0 Å². The zero-order chi connectivity index (χ0) is 11.8. The number of aliphatic hydroxyl groups is 1. The van der Waals surface area contributed by atoms with Crippen LogP contribution in [0.4, 0.5) is 0 Å². The molecule has 0 aromatic carbocycles. The van der Waals surface area contributed by atoms with Gasteiger partial charge in [0.2, 0.25) is 5.91 Å². The van der Waals surface area contributed by atoms with Crippen LogP contribution in [0.1, 0.15) is 39.0 Å². The maximum atomic E-state index is 11.9. The largest absolute Gasteiger partial charge is 0.396 e. The van der Waals surface area contributed by atoms with Crippen LogP contribution >= 0.6 is 0 Å². The van der Waals surface area contributed by atoms with Gasteiger partial charge >= 0.3 is 0 Å². The average molecular weight is 228 g/mol. The molecule has 1 unspecified atom stereocenters. The van der Waals surface area contributed by atoms with E-state index < -0.39 is 0 Å². The van der Waals surface area contributed by atoms with Crippen molar-refractivity contribution in [1.82, 2.24) is 10.2 Å². The Labute approximate surface area is 98.0 Å². The summed E-state index contributed by atoms with van der Waals surface area (Å²) in [5.41, 5.74) is 0. The van der Waals surface area contributed by atoms with Crippen LogP contribution in [0.25, 0.3) is 0 Å². The lowest BCUT2D eigenvalue weighted by atomic mass is 10.1. The number of nitrogens with one attached hydrogen (secondary N) is 1. The van der Waals surface area contributed by atoms with Gasteiger partial charge in [-0.15, -0.1) is 0 Å². The van der Waals surface area contributed by atoms with Gasteiger partial charge in [0.15, 0.2) is 0 Å². The molecule has 1 heterocycles. The van der Waals surface area contributed by atoms with E-state index in [2.05, 4.69) is 12.2 Å². The molecule has 0 aromatic rings. The first-order valence-corrected chi connectivity index (χ1v) is 6.40. The van der Waals surface area contributed by atoms with Crippen LogP contribution in [0.15, 0.2) is 0 Å². The van der Waals surface area contributed by atoms with Crippen molar-refractivity contribution in [3.8, 4) is 0 Å². The minimum Gasteiger partial charge on any atom is -0.396 e. The molecule has 0 spiro atoms. The van der Waals surface area contributed by atoms with Crippen molar-refractivity contribution in [3.05, 3.63) is 0 Å². The maximum Gasteiger partial charge on any atom is 0.236 e. The van der Waals surface area contributed by atoms with E-state index in [0.717, 1.165) is 45.2 Å². The number of nitrogens with zero attached hydrogens (tertiary/aromatic N) is 1. The third kappa shape index (κ3) is 4.10. The fourth-order valence-electron chi connectivity index (χ4n) is 2.26. The number of rotatable bonds is 7. The highest BCUT2D eigenvalue weighted by Crippen LogP contribution is 2.20. The molecular formula is C12H24N2O2. The van der Waals surface area contributed by atoms with E-state index in [0.29, 0.717) is 12.6 Å². The lowest BCUT2D eigenvalue weighted by molar-refractivity contribution is -0.131. The van der Waals surface area contributed by atoms with E-state index in [4.69, 9.17) is 5.11 Å². The Hall–Kier alpha value is -0.610. The van der Waals surface area contributed by atoms with E-state index in [1.54, 1.807) is 0 Å². The number of likely N-dealkylation sites (tertiary alicyclic amines) is 1. The Morgan fingerprint density at radius 1 is 1.56 bits per heavy atom. The summed E-state index contributed by atoms with van der Waals surface area (Å²) in [6.07, 6.45) is 5.00. The van der Waals surface area contributed by atoms with Crippen LogP contribution < -0.4 is 5.32 Å². The van der Waals surface area contributed by atoms with E-state index in [9.17, 15) is 4.79 Å². The van der Waals surface area contributed by atoms with Crippen LogP contribution in [-0.4, -0.2) is 48.2 Å². The molecule has 0 aromatic heterocycles. The Kier molecular flexibility index (Phi) is 6.42. The minimum absolute atomic E-state index is 0.217. The van der Waals surface area contributed by atoms with Crippen molar-refractivity contribution in [3.63, 3.8) is 0 Å². The van der Waals surface area contributed by atoms with Crippen molar-refractivity contribution in [1.29, 1.82) is 0 Å². The van der Waals surface area contributed by atoms with Gasteiger partial charge < -0.3 is 15.3 Å². The molecule has 0 bridgehead atoms. The highest BCUT2D eigenvalue weighted by Gasteiger charge is 2.27. The first-order valence-electron chi connectivity index (χ1n) is 6.40. The average Bonchev–Trinajstić information content (AvgIpc) is 2.74. The summed E-state index contributed by atoms with van der Waals surface area (Å²) in [5, 5.41) is 12.0. The zero-order valence-corrected chi connectivity index (χ0v) is 10.2. The van der Waals surface area contributed by atoms with Crippen LogP contribution in [-0.2, 0) is 4.79 Å². The third-order valence-electron chi connectivity index (χ3n) is 3.10. The molecule has 1 saturated heterocycles. The standard InChI is InChI=1S/C12H24N2O2/c1-2-7-13-10-12(16)14-8-3-5-11(14)6-4-9-15/h11,13,15H,2-10H2,1H3. The normalized spacial score (nSPS) is 20.4. The Morgan fingerprint density at radius 3 is 3.06 bits per heavy atom. The van der Waals surface area contributed by atoms with E-state index in [-0.39, 0.29) is 12.5 Å². The summed E-state index contributed by atoms with van der Waals surface area (Å²) in [6.45, 7) is 4.58. The van der Waals surface area contributed by atoms with E-state index in [1.807, 2.05) is 4.90 Å². The predicted octanol–water partition coefficient (Wildman–Crippen LogP) is 0.749. The SMILES string of the molecule is CCCNCC(=O)N1CCCC1CCCO. The topological polar surface area (TPSA) is 52.6 Å². The zero-order valence-electron chi connectivity index (χ0n) is 10.2. The summed E-state index contributed by atoms with van der Waals surface area (Å²) in [4.78, 5) is 13.9. The Bertz CT molecular complexity index is 209. The van der Waals surface area contributed by atoms with Gasteiger partial charge in [0.1, 0.15) is 0 Å². The second-order valence-corrected chi connectivity index (χ2v) is 4.43. The fraction of sp³-hybridized carbons (Fsp3) is 0.917. The van der Waals surface area contributed by atoms with Crippen molar-refractivity contribution in [2.24, 2.45) is 0 Å². The third-order valence-corrected chi connectivity index (χ3v) is 3.10. The molecule has 1 aliphatic heterocycles. The summed E-state index contributed by atoms with van der Waals surface area (Å²) < 4.78 is 0. The lowest BCUT2D eigenvalue weighted by Gasteiger charge is -2.24. The smallest absolute Gasteiger partial charge is 0.236 e. The maximum absolute atomic E-state index is 11.9. The molecule has 1 amide bonds. The molecular weight excluding hydrogens is 204 g/mol. The van der Waals surface area contributed by atoms with Gasteiger partial charge in [-0.3, -0.25) is 4.79 Å². The predicted molar refractivity (Wildman–Crippen MR) is 64.2 cm³/mol. The van der Waals surface area contributed by atoms with Crippen LogP contribution in [0, 0.1) is 0 Å². The van der Waals surface area contributed by atoms with Crippen LogP contribution in [0.5, 0.6) is 0 Å². The number of hydrogen-bond donors (Lipinski definition) is 2. The highest BCUT2D eigenvalue weighted by atomic mass is 16.3. The first-order chi connectivity index (χ1) is 7.79. The van der Waals surface area contributed by atoms with Crippen molar-refractivity contribution < 1.29 is 9.90 Å². The molecule has 94 valence electrons. The number of hydrogen-bond acceptors (Lipinski definition) is 3. The summed E-state index contributed by atoms with van der Waals surface area (Å²) in [7, 11) is 0. The molecule has 2 N–H and O–H groups in total. The van der Waals surface area contributed by atoms with Gasteiger partial charge in [0.25, 0.3) is 0 Å². The number of aliphatic hydroxyl groups excluding tert-OH is 1. The quantitative estimate of drug-likeness (QED) is 0.632. The molecule has 1 aliphatic rings. The second kappa shape index (κ2) is 7.63.